The molecule has 0 radical (unpaired) electrons. The quantitative estimate of drug-likeness (QED) is 0.287. The fraction of sp³-hybridized carbons (Fsp3) is 0.600. The first-order valence-corrected chi connectivity index (χ1v) is 6.31. The second-order valence-electron chi connectivity index (χ2n) is 3.37. The molecule has 1 atom stereocenters. The molecule has 0 aliphatic carbocycles. The summed E-state index contributed by atoms with van der Waals surface area (Å²) in [6.45, 7) is 4.71. The summed E-state index contributed by atoms with van der Waals surface area (Å²) in [4.78, 5) is 11.7. The van der Waals surface area contributed by atoms with Crippen LogP contribution in [0, 0.1) is 0 Å². The molecule has 1 aromatic rings. The fourth-order valence-corrected chi connectivity index (χ4v) is 2.49. The summed E-state index contributed by atoms with van der Waals surface area (Å²) in [5, 5.41) is 22.5. The van der Waals surface area contributed by atoms with Crippen LogP contribution in [0.2, 0.25) is 0 Å². The predicted octanol–water partition coefficient (Wildman–Crippen LogP) is -0.531. The maximum Gasteiger partial charge on any atom is 0.342 e. The van der Waals surface area contributed by atoms with Crippen molar-refractivity contribution in [3.63, 3.8) is 0 Å². The van der Waals surface area contributed by atoms with Crippen molar-refractivity contribution >= 4 is 11.8 Å². The number of aliphatic hydroxyl groups is 1. The van der Waals surface area contributed by atoms with Crippen LogP contribution in [0.25, 0.3) is 0 Å². The maximum absolute atomic E-state index is 11.7. The molecule has 0 aliphatic heterocycles. The van der Waals surface area contributed by atoms with Crippen LogP contribution in [0.15, 0.2) is 16.0 Å². The molecule has 7 heteroatoms. The van der Waals surface area contributed by atoms with E-state index in [1.54, 1.807) is 11.6 Å². The van der Waals surface area contributed by atoms with Gasteiger partial charge < -0.3 is 10.2 Å². The number of hydrogen-bond acceptors (Lipinski definition) is 5. The Labute approximate surface area is 104 Å². The van der Waals surface area contributed by atoms with Crippen LogP contribution in [-0.4, -0.2) is 27.4 Å². The first-order valence-electron chi connectivity index (χ1n) is 5.43. The van der Waals surface area contributed by atoms with Gasteiger partial charge in [-0.15, -0.1) is 0 Å². The van der Waals surface area contributed by atoms with Gasteiger partial charge in [0.05, 0.1) is 13.1 Å². The minimum Gasteiger partial charge on any atom is -0.478 e. The van der Waals surface area contributed by atoms with Gasteiger partial charge in [0.2, 0.25) is 0 Å². The average molecular weight is 260 g/mol. The largest absolute Gasteiger partial charge is 0.478 e. The van der Waals surface area contributed by atoms with Crippen LogP contribution in [0.1, 0.15) is 13.8 Å². The van der Waals surface area contributed by atoms with Gasteiger partial charge in [-0.05, 0) is 20.9 Å². The van der Waals surface area contributed by atoms with Crippen LogP contribution >= 0.6 is 11.8 Å². The normalized spacial score (nSPS) is 12.7. The Morgan fingerprint density at radius 1 is 1.59 bits per heavy atom. The second-order valence-corrected chi connectivity index (χ2v) is 4.42. The van der Waals surface area contributed by atoms with E-state index in [9.17, 15) is 15.0 Å². The van der Waals surface area contributed by atoms with Crippen molar-refractivity contribution < 1.29 is 14.8 Å². The van der Waals surface area contributed by atoms with E-state index >= 15 is 0 Å². The number of aromatic hydroxyl groups is 1. The molecule has 1 rings (SSSR count). The van der Waals surface area contributed by atoms with Crippen molar-refractivity contribution in [3.8, 4) is 5.88 Å². The third-order valence-electron chi connectivity index (χ3n) is 2.35. The Hall–Kier alpha value is -1.05. The highest BCUT2D eigenvalue weighted by Gasteiger charge is 2.23. The van der Waals surface area contributed by atoms with Gasteiger partial charge in [-0.25, -0.2) is 4.79 Å². The molecule has 3 N–H and O–H groups in total. The highest BCUT2D eigenvalue weighted by Crippen LogP contribution is 2.17. The van der Waals surface area contributed by atoms with Crippen molar-refractivity contribution in [1.82, 2.24) is 9.88 Å². The molecule has 0 amide bonds. The lowest BCUT2D eigenvalue weighted by Crippen LogP contribution is -2.43. The smallest absolute Gasteiger partial charge is 0.342 e. The molecule has 0 saturated heterocycles. The summed E-state index contributed by atoms with van der Waals surface area (Å²) < 4.78 is 3.09. The van der Waals surface area contributed by atoms with Crippen LogP contribution in [-0.2, 0) is 13.1 Å². The second kappa shape index (κ2) is 6.04. The predicted molar refractivity (Wildman–Crippen MR) is 64.8 cm³/mol. The maximum atomic E-state index is 11.7. The molecule has 1 aromatic heterocycles. The van der Waals surface area contributed by atoms with Gasteiger partial charge in [0.25, 0.3) is 5.88 Å². The number of thioether (sulfide) groups is 1. The zero-order chi connectivity index (χ0) is 13.0. The Bertz CT molecular complexity index is 447. The molecule has 0 saturated carbocycles. The van der Waals surface area contributed by atoms with Gasteiger partial charge in [-0.2, -0.15) is 9.13 Å². The van der Waals surface area contributed by atoms with Crippen LogP contribution in [0.5, 0.6) is 5.88 Å². The summed E-state index contributed by atoms with van der Waals surface area (Å²) in [6.07, 6.45) is 0. The summed E-state index contributed by atoms with van der Waals surface area (Å²) in [7, 11) is 1.62. The van der Waals surface area contributed by atoms with Gasteiger partial charge in [0.15, 0.2) is 5.56 Å². The first kappa shape index (κ1) is 14.0. The highest BCUT2D eigenvalue weighted by molar-refractivity contribution is 7.99. The standard InChI is InChI=1S/C10H17N3O3S/c1-4-12-7(14)6-8(15)13(5-2)10(12)17-9(16)11-3/h6,9,11,16H,4-5H2,1-3H3/p+1. The van der Waals surface area contributed by atoms with Crippen LogP contribution < -0.4 is 15.4 Å². The Kier molecular flexibility index (Phi) is 4.98. The lowest BCUT2D eigenvalue weighted by Gasteiger charge is -2.12. The van der Waals surface area contributed by atoms with Gasteiger partial charge in [-0.1, -0.05) is 0 Å². The van der Waals surface area contributed by atoms with E-state index in [1.165, 1.54) is 10.6 Å². The number of rotatable bonds is 5. The van der Waals surface area contributed by atoms with E-state index in [4.69, 9.17) is 0 Å². The van der Waals surface area contributed by atoms with Crippen molar-refractivity contribution in [2.24, 2.45) is 0 Å². The molecule has 1 heterocycles. The summed E-state index contributed by atoms with van der Waals surface area (Å²) in [5.74, 6) is -0.0898. The fourth-order valence-electron chi connectivity index (χ4n) is 1.48. The van der Waals surface area contributed by atoms with Crippen molar-refractivity contribution in [2.45, 2.75) is 37.7 Å². The van der Waals surface area contributed by atoms with E-state index in [0.29, 0.717) is 18.2 Å². The molecule has 6 nitrogen and oxygen atoms in total. The lowest BCUT2D eigenvalue weighted by atomic mass is 10.5. The first-order chi connectivity index (χ1) is 8.04. The molecule has 0 bridgehead atoms. The number of nitrogens with zero attached hydrogens (tertiary/aromatic N) is 2. The van der Waals surface area contributed by atoms with Gasteiger partial charge >= 0.3 is 10.7 Å². The molecule has 0 spiro atoms. The Balaban J connectivity index is 3.35. The molecular weight excluding hydrogens is 242 g/mol. The molecule has 1 unspecified atom stereocenters. The highest BCUT2D eigenvalue weighted by atomic mass is 32.2. The SMILES string of the molecule is CCn1c(SC(O)NC)[n+](CC)c(O)cc1=O. The molecule has 17 heavy (non-hydrogen) atoms. The Morgan fingerprint density at radius 2 is 2.24 bits per heavy atom. The van der Waals surface area contributed by atoms with Crippen molar-refractivity contribution in [3.05, 3.63) is 16.4 Å². The minimum absolute atomic E-state index is 0.0898. The number of hydrogen-bond donors (Lipinski definition) is 3. The van der Waals surface area contributed by atoms with Crippen LogP contribution in [0.3, 0.4) is 0 Å². The summed E-state index contributed by atoms with van der Waals surface area (Å²) in [6, 6.07) is 1.18. The van der Waals surface area contributed by atoms with E-state index in [-0.39, 0.29) is 11.4 Å². The van der Waals surface area contributed by atoms with Gasteiger partial charge in [0, 0.05) is 11.8 Å². The summed E-state index contributed by atoms with van der Waals surface area (Å²) in [5.41, 5.74) is -1.10. The summed E-state index contributed by atoms with van der Waals surface area (Å²) >= 11 is 1.08. The number of nitrogens with one attached hydrogen (secondary N) is 1. The van der Waals surface area contributed by atoms with Gasteiger partial charge in [0.1, 0.15) is 6.07 Å². The van der Waals surface area contributed by atoms with E-state index in [1.807, 2.05) is 13.8 Å². The topological polar surface area (TPSA) is 78.4 Å². The van der Waals surface area contributed by atoms with Gasteiger partial charge in [-0.3, -0.25) is 5.32 Å². The lowest BCUT2D eigenvalue weighted by molar-refractivity contribution is -0.741. The Morgan fingerprint density at radius 3 is 2.71 bits per heavy atom. The zero-order valence-corrected chi connectivity index (χ0v) is 11.0. The third kappa shape index (κ3) is 2.99. The molecular formula is C10H18N3O3S+. The van der Waals surface area contributed by atoms with Crippen molar-refractivity contribution in [1.29, 1.82) is 0 Å². The van der Waals surface area contributed by atoms with Crippen molar-refractivity contribution in [2.75, 3.05) is 7.05 Å². The zero-order valence-electron chi connectivity index (χ0n) is 10.2. The van der Waals surface area contributed by atoms with E-state index < -0.39 is 5.56 Å². The number of aliphatic hydroxyl groups excluding tert-OH is 1. The van der Waals surface area contributed by atoms with E-state index in [2.05, 4.69) is 5.32 Å². The van der Waals surface area contributed by atoms with Crippen LogP contribution in [0.4, 0.5) is 0 Å². The molecule has 0 aromatic carbocycles. The average Bonchev–Trinajstić information content (AvgIpc) is 2.29. The van der Waals surface area contributed by atoms with E-state index in [0.717, 1.165) is 11.8 Å². The minimum atomic E-state index is -0.827. The molecule has 0 aliphatic rings. The number of aromatic nitrogens is 2. The molecule has 0 fully saturated rings. The third-order valence-corrected chi connectivity index (χ3v) is 3.46. The molecule has 96 valence electrons. The monoisotopic (exact) mass is 260 g/mol.